The standard InChI is InChI=1S/C13H14N4S/c1-17(9-10-4-6-15-7-5-10)12-3-2-11(8-16-12)13(14)18/h2-8H,9H2,1H3,(H2,14,18). The molecule has 0 saturated heterocycles. The van der Waals surface area contributed by atoms with E-state index >= 15 is 0 Å². The van der Waals surface area contributed by atoms with Crippen molar-refractivity contribution in [3.63, 3.8) is 0 Å². The van der Waals surface area contributed by atoms with Gasteiger partial charge in [0, 0.05) is 37.7 Å². The SMILES string of the molecule is CN(Cc1ccncc1)c1ccc(C(N)=S)cn1. The zero-order valence-electron chi connectivity index (χ0n) is 10.1. The number of hydrogen-bond acceptors (Lipinski definition) is 4. The lowest BCUT2D eigenvalue weighted by Crippen LogP contribution is -2.18. The molecule has 2 N–H and O–H groups in total. The van der Waals surface area contributed by atoms with Crippen LogP contribution in [0.2, 0.25) is 0 Å². The molecule has 2 heterocycles. The minimum Gasteiger partial charge on any atom is -0.389 e. The third kappa shape index (κ3) is 3.01. The predicted molar refractivity (Wildman–Crippen MR) is 76.5 cm³/mol. The maximum absolute atomic E-state index is 5.53. The summed E-state index contributed by atoms with van der Waals surface area (Å²) in [6.07, 6.45) is 5.26. The average Bonchev–Trinajstić information content (AvgIpc) is 2.40. The number of nitrogens with zero attached hydrogens (tertiary/aromatic N) is 3. The Morgan fingerprint density at radius 2 is 2.00 bits per heavy atom. The summed E-state index contributed by atoms with van der Waals surface area (Å²) in [5, 5.41) is 0. The summed E-state index contributed by atoms with van der Waals surface area (Å²) in [5.41, 5.74) is 7.51. The fourth-order valence-corrected chi connectivity index (χ4v) is 1.72. The normalized spacial score (nSPS) is 10.1. The fourth-order valence-electron chi connectivity index (χ4n) is 1.60. The molecule has 0 aliphatic rings. The molecule has 0 atom stereocenters. The van der Waals surface area contributed by atoms with Gasteiger partial charge in [0.15, 0.2) is 0 Å². The first kappa shape index (κ1) is 12.4. The molecule has 0 fully saturated rings. The number of rotatable bonds is 4. The Morgan fingerprint density at radius 1 is 1.28 bits per heavy atom. The minimum atomic E-state index is 0.367. The summed E-state index contributed by atoms with van der Waals surface area (Å²) in [5.74, 6) is 0.881. The van der Waals surface area contributed by atoms with E-state index in [0.717, 1.165) is 17.9 Å². The topological polar surface area (TPSA) is 55.0 Å². The fraction of sp³-hybridized carbons (Fsp3) is 0.154. The molecule has 2 aromatic rings. The van der Waals surface area contributed by atoms with E-state index in [4.69, 9.17) is 18.0 Å². The molecule has 0 radical (unpaired) electrons. The Kier molecular flexibility index (Phi) is 3.84. The number of aromatic nitrogens is 2. The van der Waals surface area contributed by atoms with Crippen molar-refractivity contribution in [3.8, 4) is 0 Å². The van der Waals surface area contributed by atoms with Gasteiger partial charge in [-0.2, -0.15) is 0 Å². The third-order valence-electron chi connectivity index (χ3n) is 2.59. The van der Waals surface area contributed by atoms with Crippen LogP contribution in [0.5, 0.6) is 0 Å². The molecule has 0 saturated carbocycles. The van der Waals surface area contributed by atoms with Crippen molar-refractivity contribution >= 4 is 23.0 Å². The first-order valence-corrected chi connectivity index (χ1v) is 5.93. The molecule has 0 aliphatic carbocycles. The molecule has 0 bridgehead atoms. The van der Waals surface area contributed by atoms with Crippen molar-refractivity contribution in [3.05, 3.63) is 54.0 Å². The van der Waals surface area contributed by atoms with Crippen LogP contribution >= 0.6 is 12.2 Å². The first-order chi connectivity index (χ1) is 8.66. The third-order valence-corrected chi connectivity index (χ3v) is 2.83. The van der Waals surface area contributed by atoms with Gasteiger partial charge >= 0.3 is 0 Å². The quantitative estimate of drug-likeness (QED) is 0.847. The second-order valence-corrected chi connectivity index (χ2v) is 4.42. The van der Waals surface area contributed by atoms with Gasteiger partial charge in [0.2, 0.25) is 0 Å². The van der Waals surface area contributed by atoms with Gasteiger partial charge in [-0.15, -0.1) is 0 Å². The molecule has 0 spiro atoms. The Bertz CT molecular complexity index is 524. The maximum Gasteiger partial charge on any atom is 0.128 e. The Labute approximate surface area is 111 Å². The zero-order chi connectivity index (χ0) is 13.0. The smallest absolute Gasteiger partial charge is 0.128 e. The van der Waals surface area contributed by atoms with Crippen molar-refractivity contribution in [1.29, 1.82) is 0 Å². The van der Waals surface area contributed by atoms with E-state index in [-0.39, 0.29) is 0 Å². The van der Waals surface area contributed by atoms with Crippen LogP contribution < -0.4 is 10.6 Å². The van der Waals surface area contributed by atoms with Gasteiger partial charge in [-0.3, -0.25) is 4.98 Å². The number of pyridine rings is 2. The van der Waals surface area contributed by atoms with Crippen LogP contribution in [0.15, 0.2) is 42.9 Å². The molecule has 0 unspecified atom stereocenters. The number of anilines is 1. The van der Waals surface area contributed by atoms with Gasteiger partial charge in [-0.05, 0) is 29.8 Å². The summed E-state index contributed by atoms with van der Waals surface area (Å²) >= 11 is 4.89. The monoisotopic (exact) mass is 258 g/mol. The highest BCUT2D eigenvalue weighted by Crippen LogP contribution is 2.12. The van der Waals surface area contributed by atoms with Gasteiger partial charge in [0.25, 0.3) is 0 Å². The van der Waals surface area contributed by atoms with E-state index in [1.165, 1.54) is 5.56 Å². The second-order valence-electron chi connectivity index (χ2n) is 3.98. The van der Waals surface area contributed by atoms with Gasteiger partial charge in [-0.25, -0.2) is 4.98 Å². The Morgan fingerprint density at radius 3 is 2.56 bits per heavy atom. The molecule has 0 aromatic carbocycles. The van der Waals surface area contributed by atoms with E-state index in [2.05, 4.69) is 14.9 Å². The van der Waals surface area contributed by atoms with Crippen LogP contribution in [0.1, 0.15) is 11.1 Å². The van der Waals surface area contributed by atoms with Crippen LogP contribution in [0.3, 0.4) is 0 Å². The molecule has 0 amide bonds. The highest BCUT2D eigenvalue weighted by molar-refractivity contribution is 7.80. The lowest BCUT2D eigenvalue weighted by atomic mass is 10.2. The summed E-state index contributed by atoms with van der Waals surface area (Å²) in [4.78, 5) is 10.8. The lowest BCUT2D eigenvalue weighted by molar-refractivity contribution is 0.895. The Hall–Kier alpha value is -2.01. The van der Waals surface area contributed by atoms with Crippen LogP contribution in [0.25, 0.3) is 0 Å². The summed E-state index contributed by atoms with van der Waals surface area (Å²) in [6, 6.07) is 7.77. The van der Waals surface area contributed by atoms with Gasteiger partial charge in [0.05, 0.1) is 0 Å². The van der Waals surface area contributed by atoms with Crippen LogP contribution in [-0.4, -0.2) is 22.0 Å². The van der Waals surface area contributed by atoms with Crippen LogP contribution in [-0.2, 0) is 6.54 Å². The van der Waals surface area contributed by atoms with Crippen molar-refractivity contribution in [2.45, 2.75) is 6.54 Å². The van der Waals surface area contributed by atoms with Gasteiger partial charge in [0.1, 0.15) is 10.8 Å². The van der Waals surface area contributed by atoms with Crippen molar-refractivity contribution < 1.29 is 0 Å². The molecule has 0 aliphatic heterocycles. The molecule has 92 valence electrons. The summed E-state index contributed by atoms with van der Waals surface area (Å²) in [7, 11) is 1.99. The van der Waals surface area contributed by atoms with E-state index < -0.39 is 0 Å². The van der Waals surface area contributed by atoms with Crippen molar-refractivity contribution in [2.75, 3.05) is 11.9 Å². The number of hydrogen-bond donors (Lipinski definition) is 1. The number of nitrogens with two attached hydrogens (primary N) is 1. The average molecular weight is 258 g/mol. The highest BCUT2D eigenvalue weighted by atomic mass is 32.1. The van der Waals surface area contributed by atoms with Gasteiger partial charge in [-0.1, -0.05) is 12.2 Å². The van der Waals surface area contributed by atoms with E-state index in [1.54, 1.807) is 18.6 Å². The maximum atomic E-state index is 5.53. The van der Waals surface area contributed by atoms with E-state index in [0.29, 0.717) is 4.99 Å². The predicted octanol–water partition coefficient (Wildman–Crippen LogP) is 1.75. The summed E-state index contributed by atoms with van der Waals surface area (Å²) in [6.45, 7) is 0.780. The molecule has 2 aromatic heterocycles. The lowest BCUT2D eigenvalue weighted by Gasteiger charge is -2.18. The molecule has 18 heavy (non-hydrogen) atoms. The van der Waals surface area contributed by atoms with E-state index in [9.17, 15) is 0 Å². The second kappa shape index (κ2) is 5.55. The molecular weight excluding hydrogens is 244 g/mol. The van der Waals surface area contributed by atoms with Crippen molar-refractivity contribution in [1.82, 2.24) is 9.97 Å². The molecule has 5 heteroatoms. The van der Waals surface area contributed by atoms with Gasteiger partial charge < -0.3 is 10.6 Å². The highest BCUT2D eigenvalue weighted by Gasteiger charge is 2.04. The van der Waals surface area contributed by atoms with Crippen molar-refractivity contribution in [2.24, 2.45) is 5.73 Å². The Balaban J connectivity index is 2.09. The molecular formula is C13H14N4S. The molecule has 4 nitrogen and oxygen atoms in total. The summed E-state index contributed by atoms with van der Waals surface area (Å²) < 4.78 is 0. The van der Waals surface area contributed by atoms with E-state index in [1.807, 2.05) is 31.3 Å². The number of thiocarbonyl (C=S) groups is 1. The zero-order valence-corrected chi connectivity index (χ0v) is 10.9. The minimum absolute atomic E-state index is 0.367. The van der Waals surface area contributed by atoms with Crippen LogP contribution in [0, 0.1) is 0 Å². The first-order valence-electron chi connectivity index (χ1n) is 5.52. The largest absolute Gasteiger partial charge is 0.389 e. The molecule has 2 rings (SSSR count). The van der Waals surface area contributed by atoms with Crippen LogP contribution in [0.4, 0.5) is 5.82 Å².